The maximum absolute atomic E-state index is 5.70. The molecule has 58 valence electrons. The van der Waals surface area contributed by atoms with E-state index in [9.17, 15) is 0 Å². The molecule has 0 amide bonds. The van der Waals surface area contributed by atoms with Gasteiger partial charge in [-0.25, -0.2) is 0 Å². The number of rotatable bonds is 1. The van der Waals surface area contributed by atoms with Gasteiger partial charge >= 0.3 is 0 Å². The molecule has 10 heavy (non-hydrogen) atoms. The highest BCUT2D eigenvalue weighted by atomic mass is 16.5. The number of ether oxygens (including phenoxy) is 1. The molecule has 1 heterocycles. The second kappa shape index (κ2) is 2.23. The molecule has 1 aliphatic heterocycles. The quantitative estimate of drug-likeness (QED) is 0.543. The molecule has 1 heteroatoms. The molecule has 1 saturated carbocycles. The maximum atomic E-state index is 5.70. The van der Waals surface area contributed by atoms with Crippen LogP contribution in [-0.4, -0.2) is 12.7 Å². The lowest BCUT2D eigenvalue weighted by Crippen LogP contribution is -2.26. The molecule has 1 spiro atoms. The van der Waals surface area contributed by atoms with Gasteiger partial charge in [-0.1, -0.05) is 6.92 Å². The lowest BCUT2D eigenvalue weighted by Gasteiger charge is -2.28. The molecule has 2 fully saturated rings. The van der Waals surface area contributed by atoms with Crippen LogP contribution in [0, 0.1) is 5.41 Å². The molecule has 0 bridgehead atoms. The van der Waals surface area contributed by atoms with Gasteiger partial charge in [0.2, 0.25) is 0 Å². The first-order chi connectivity index (χ1) is 4.85. The Balaban J connectivity index is 1.84. The summed E-state index contributed by atoms with van der Waals surface area (Å²) >= 11 is 0. The molecule has 1 nitrogen and oxygen atoms in total. The van der Waals surface area contributed by atoms with Crippen molar-refractivity contribution in [3.8, 4) is 0 Å². The van der Waals surface area contributed by atoms with Crippen molar-refractivity contribution in [1.29, 1.82) is 0 Å². The van der Waals surface area contributed by atoms with Crippen LogP contribution in [0.2, 0.25) is 0 Å². The van der Waals surface area contributed by atoms with Crippen LogP contribution < -0.4 is 0 Å². The SMILES string of the molecule is CC[C@H]1CCC2(CC2)CO1. The maximum Gasteiger partial charge on any atom is 0.0573 e. The summed E-state index contributed by atoms with van der Waals surface area (Å²) < 4.78 is 5.70. The van der Waals surface area contributed by atoms with E-state index < -0.39 is 0 Å². The fourth-order valence-electron chi connectivity index (χ4n) is 1.81. The van der Waals surface area contributed by atoms with Crippen molar-refractivity contribution in [2.24, 2.45) is 5.41 Å². The largest absolute Gasteiger partial charge is 0.378 e. The Bertz CT molecular complexity index is 117. The summed E-state index contributed by atoms with van der Waals surface area (Å²) in [5, 5.41) is 0. The zero-order valence-electron chi connectivity index (χ0n) is 6.73. The van der Waals surface area contributed by atoms with Crippen molar-refractivity contribution in [2.45, 2.75) is 45.1 Å². The van der Waals surface area contributed by atoms with E-state index in [0.29, 0.717) is 11.5 Å². The molecule has 1 aliphatic carbocycles. The van der Waals surface area contributed by atoms with E-state index in [-0.39, 0.29) is 0 Å². The van der Waals surface area contributed by atoms with Gasteiger partial charge in [-0.05, 0) is 37.5 Å². The highest BCUT2D eigenvalue weighted by Gasteiger charge is 2.45. The van der Waals surface area contributed by atoms with Crippen LogP contribution in [0.3, 0.4) is 0 Å². The smallest absolute Gasteiger partial charge is 0.0573 e. The Hall–Kier alpha value is -0.0400. The van der Waals surface area contributed by atoms with Crippen LogP contribution in [-0.2, 0) is 4.74 Å². The van der Waals surface area contributed by atoms with Crippen LogP contribution in [0.1, 0.15) is 39.0 Å². The summed E-state index contributed by atoms with van der Waals surface area (Å²) in [6, 6.07) is 0. The Labute approximate surface area is 62.8 Å². The van der Waals surface area contributed by atoms with Crippen molar-refractivity contribution in [2.75, 3.05) is 6.61 Å². The lowest BCUT2D eigenvalue weighted by atomic mass is 9.95. The Morgan fingerprint density at radius 2 is 2.20 bits per heavy atom. The van der Waals surface area contributed by atoms with Crippen LogP contribution >= 0.6 is 0 Å². The van der Waals surface area contributed by atoms with Gasteiger partial charge in [0, 0.05) is 0 Å². The van der Waals surface area contributed by atoms with Gasteiger partial charge in [0.1, 0.15) is 0 Å². The molecule has 0 aromatic rings. The van der Waals surface area contributed by atoms with E-state index in [1.54, 1.807) is 0 Å². The third-order valence-electron chi connectivity index (χ3n) is 3.03. The van der Waals surface area contributed by atoms with Gasteiger partial charge in [0.15, 0.2) is 0 Å². The van der Waals surface area contributed by atoms with E-state index in [1.165, 1.54) is 32.1 Å². The average molecular weight is 140 g/mol. The average Bonchev–Trinajstić information content (AvgIpc) is 2.72. The molecule has 1 atom stereocenters. The summed E-state index contributed by atoms with van der Waals surface area (Å²) in [5.74, 6) is 0. The third-order valence-corrected chi connectivity index (χ3v) is 3.03. The Morgan fingerprint density at radius 1 is 1.40 bits per heavy atom. The van der Waals surface area contributed by atoms with E-state index in [0.717, 1.165) is 6.61 Å². The second-order valence-corrected chi connectivity index (χ2v) is 3.88. The minimum absolute atomic E-state index is 0.589. The minimum Gasteiger partial charge on any atom is -0.378 e. The first-order valence-electron chi connectivity index (χ1n) is 4.46. The van der Waals surface area contributed by atoms with Crippen LogP contribution in [0.15, 0.2) is 0 Å². The normalized spacial score (nSPS) is 36.3. The molecule has 0 N–H and O–H groups in total. The van der Waals surface area contributed by atoms with E-state index in [4.69, 9.17) is 4.74 Å². The first-order valence-corrected chi connectivity index (χ1v) is 4.46. The van der Waals surface area contributed by atoms with E-state index >= 15 is 0 Å². The van der Waals surface area contributed by atoms with Crippen molar-refractivity contribution in [3.05, 3.63) is 0 Å². The van der Waals surface area contributed by atoms with E-state index in [2.05, 4.69) is 6.92 Å². The predicted molar refractivity (Wildman–Crippen MR) is 40.9 cm³/mol. The van der Waals surface area contributed by atoms with Gasteiger partial charge < -0.3 is 4.74 Å². The molecule has 2 aliphatic rings. The van der Waals surface area contributed by atoms with Crippen molar-refractivity contribution >= 4 is 0 Å². The monoisotopic (exact) mass is 140 g/mol. The molecular formula is C9H16O. The molecule has 0 radical (unpaired) electrons. The molecule has 0 aromatic carbocycles. The lowest BCUT2D eigenvalue weighted by molar-refractivity contribution is -0.0261. The first kappa shape index (κ1) is 6.66. The van der Waals surface area contributed by atoms with Crippen molar-refractivity contribution in [3.63, 3.8) is 0 Å². The van der Waals surface area contributed by atoms with Gasteiger partial charge in [0.25, 0.3) is 0 Å². The molecule has 0 aromatic heterocycles. The molecule has 1 saturated heterocycles. The summed E-state index contributed by atoms with van der Waals surface area (Å²) in [7, 11) is 0. The topological polar surface area (TPSA) is 9.23 Å². The summed E-state index contributed by atoms with van der Waals surface area (Å²) in [6.45, 7) is 3.28. The van der Waals surface area contributed by atoms with Crippen molar-refractivity contribution in [1.82, 2.24) is 0 Å². The van der Waals surface area contributed by atoms with Crippen LogP contribution in [0.25, 0.3) is 0 Å². The predicted octanol–water partition coefficient (Wildman–Crippen LogP) is 2.36. The van der Waals surface area contributed by atoms with Crippen LogP contribution in [0.4, 0.5) is 0 Å². The molecule has 0 unspecified atom stereocenters. The minimum atomic E-state index is 0.589. The summed E-state index contributed by atoms with van der Waals surface area (Å²) in [4.78, 5) is 0. The van der Waals surface area contributed by atoms with Gasteiger partial charge in [0.05, 0.1) is 12.7 Å². The van der Waals surface area contributed by atoms with E-state index in [1.807, 2.05) is 0 Å². The highest BCUT2D eigenvalue weighted by Crippen LogP contribution is 2.52. The standard InChI is InChI=1S/C9H16O/c1-2-8-3-4-9(5-6-9)7-10-8/h8H,2-7H2,1H3/t8-/m0/s1. The summed E-state index contributed by atoms with van der Waals surface area (Å²) in [6.07, 6.45) is 7.41. The number of hydrogen-bond donors (Lipinski definition) is 0. The zero-order valence-corrected chi connectivity index (χ0v) is 6.73. The van der Waals surface area contributed by atoms with Crippen molar-refractivity contribution < 1.29 is 4.74 Å². The highest BCUT2D eigenvalue weighted by molar-refractivity contribution is 4.95. The summed E-state index contributed by atoms with van der Waals surface area (Å²) in [5.41, 5.74) is 0.686. The van der Waals surface area contributed by atoms with Gasteiger partial charge in [-0.3, -0.25) is 0 Å². The second-order valence-electron chi connectivity index (χ2n) is 3.88. The molecular weight excluding hydrogens is 124 g/mol. The van der Waals surface area contributed by atoms with Gasteiger partial charge in [-0.15, -0.1) is 0 Å². The fraction of sp³-hybridized carbons (Fsp3) is 1.00. The third kappa shape index (κ3) is 1.07. The fourth-order valence-corrected chi connectivity index (χ4v) is 1.81. The Kier molecular flexibility index (Phi) is 1.48. The Morgan fingerprint density at radius 3 is 2.60 bits per heavy atom. The number of hydrogen-bond acceptors (Lipinski definition) is 1. The zero-order chi connectivity index (χ0) is 7.03. The molecule has 2 rings (SSSR count). The van der Waals surface area contributed by atoms with Gasteiger partial charge in [-0.2, -0.15) is 0 Å². The van der Waals surface area contributed by atoms with Crippen LogP contribution in [0.5, 0.6) is 0 Å².